The normalized spacial score (nSPS) is 21.9. The molecule has 9 nitrogen and oxygen atoms in total. The molecular formula is C26H22N3O6P. The van der Waals surface area contributed by atoms with Gasteiger partial charge in [-0.15, -0.1) is 5.06 Å². The first-order valence-corrected chi connectivity index (χ1v) is 12.9. The first-order valence-electron chi connectivity index (χ1n) is 11.2. The van der Waals surface area contributed by atoms with Gasteiger partial charge in [-0.25, -0.2) is 4.79 Å². The van der Waals surface area contributed by atoms with E-state index in [1.807, 2.05) is 6.07 Å². The maximum absolute atomic E-state index is 13.7. The number of hydrogen-bond acceptors (Lipinski definition) is 7. The van der Waals surface area contributed by atoms with Crippen molar-refractivity contribution in [1.82, 2.24) is 5.06 Å². The lowest BCUT2D eigenvalue weighted by atomic mass is 9.89. The highest BCUT2D eigenvalue weighted by Gasteiger charge is 2.40. The SMILES string of the molecule is C/N=C1\C=CC2=C(c3ccc(C(=O)ON4C(=O)CCC4=O)cc3)c3ccc(NC)cc3P(=O)(O)C2=C1. The number of benzene rings is 2. The van der Waals surface area contributed by atoms with Crippen molar-refractivity contribution in [2.24, 2.45) is 4.99 Å². The Morgan fingerprint density at radius 1 is 1.08 bits per heavy atom. The maximum atomic E-state index is 13.7. The molecule has 36 heavy (non-hydrogen) atoms. The third kappa shape index (κ3) is 3.82. The smallest absolute Gasteiger partial charge is 0.363 e. The summed E-state index contributed by atoms with van der Waals surface area (Å²) in [6.45, 7) is 0. The minimum absolute atomic E-state index is 0.0131. The lowest BCUT2D eigenvalue weighted by Gasteiger charge is -2.30. The average Bonchev–Trinajstić information content (AvgIpc) is 3.21. The summed E-state index contributed by atoms with van der Waals surface area (Å²) in [5.74, 6) is -1.93. The molecule has 2 aromatic rings. The molecule has 0 bridgehead atoms. The maximum Gasteiger partial charge on any atom is 0.363 e. The van der Waals surface area contributed by atoms with Crippen LogP contribution in [-0.2, 0) is 19.0 Å². The van der Waals surface area contributed by atoms with Crippen molar-refractivity contribution in [3.63, 3.8) is 0 Å². The first-order chi connectivity index (χ1) is 17.2. The van der Waals surface area contributed by atoms with Crippen LogP contribution in [0.25, 0.3) is 5.57 Å². The van der Waals surface area contributed by atoms with Crippen LogP contribution in [0, 0.1) is 0 Å². The fourth-order valence-electron chi connectivity index (χ4n) is 4.42. The Morgan fingerprint density at radius 2 is 1.78 bits per heavy atom. The molecule has 10 heteroatoms. The standard InChI is InChI=1S/C26H22N3O6P/c1-27-17-7-9-19-21(13-17)36(33,34)22-14-18(28-2)8-10-20(22)25(19)15-3-5-16(6-4-15)26(32)35-29-23(30)11-12-24(29)31/h3-10,13-14,27H,11-12H2,1-2H3,(H,33,34)/b28-18+. The Bertz CT molecular complexity index is 1480. The summed E-state index contributed by atoms with van der Waals surface area (Å²) in [6.07, 6.45) is 5.21. The molecule has 2 aliphatic heterocycles. The van der Waals surface area contributed by atoms with Crippen molar-refractivity contribution in [3.8, 4) is 0 Å². The predicted molar refractivity (Wildman–Crippen MR) is 135 cm³/mol. The molecule has 2 aromatic carbocycles. The van der Waals surface area contributed by atoms with E-state index in [0.717, 1.165) is 5.57 Å². The molecule has 2 amide bonds. The second-order valence-electron chi connectivity index (χ2n) is 8.40. The quantitative estimate of drug-likeness (QED) is 0.485. The van der Waals surface area contributed by atoms with E-state index < -0.39 is 25.2 Å². The van der Waals surface area contributed by atoms with Crippen molar-refractivity contribution < 1.29 is 28.7 Å². The summed E-state index contributed by atoms with van der Waals surface area (Å²) in [7, 11) is -0.570. The molecule has 5 rings (SSSR count). The topological polar surface area (TPSA) is 125 Å². The molecule has 3 aliphatic rings. The summed E-state index contributed by atoms with van der Waals surface area (Å²) in [5.41, 5.74) is 4.09. The molecule has 1 saturated heterocycles. The van der Waals surface area contributed by atoms with Gasteiger partial charge < -0.3 is 15.0 Å². The molecule has 1 atom stereocenters. The van der Waals surface area contributed by atoms with Crippen molar-refractivity contribution in [1.29, 1.82) is 0 Å². The zero-order valence-corrected chi connectivity index (χ0v) is 20.4. The Kier molecular flexibility index (Phi) is 5.82. The van der Waals surface area contributed by atoms with Gasteiger partial charge in [-0.05, 0) is 58.7 Å². The number of hydroxylamine groups is 2. The summed E-state index contributed by atoms with van der Waals surface area (Å²) in [5, 5.41) is 4.11. The molecule has 0 saturated carbocycles. The number of allylic oxidation sites excluding steroid dienone is 5. The van der Waals surface area contributed by atoms with Gasteiger partial charge in [0.1, 0.15) is 0 Å². The van der Waals surface area contributed by atoms with E-state index in [1.54, 1.807) is 56.6 Å². The summed E-state index contributed by atoms with van der Waals surface area (Å²) in [6, 6.07) is 11.8. The number of carbonyl (C=O) groups is 3. The fraction of sp³-hybridized carbons (Fsp3) is 0.154. The summed E-state index contributed by atoms with van der Waals surface area (Å²) in [4.78, 5) is 56.4. The van der Waals surface area contributed by atoms with Crippen molar-refractivity contribution in [2.75, 3.05) is 19.4 Å². The molecule has 0 spiro atoms. The van der Waals surface area contributed by atoms with Gasteiger partial charge in [-0.2, -0.15) is 0 Å². The van der Waals surface area contributed by atoms with Crippen LogP contribution in [-0.4, -0.2) is 47.5 Å². The zero-order chi connectivity index (χ0) is 25.6. The number of carbonyl (C=O) groups excluding carboxylic acids is 3. The van der Waals surface area contributed by atoms with E-state index >= 15 is 0 Å². The number of nitrogens with one attached hydrogen (secondary N) is 1. The number of aliphatic imine (C=N–C) groups is 1. The van der Waals surface area contributed by atoms with Gasteiger partial charge in [-0.3, -0.25) is 19.1 Å². The number of anilines is 1. The molecule has 1 aliphatic carbocycles. The van der Waals surface area contributed by atoms with Crippen LogP contribution >= 0.6 is 7.37 Å². The number of rotatable bonds is 4. The average molecular weight is 503 g/mol. The van der Waals surface area contributed by atoms with Gasteiger partial charge in [0.2, 0.25) is 0 Å². The van der Waals surface area contributed by atoms with Gasteiger partial charge in [0, 0.05) is 32.6 Å². The van der Waals surface area contributed by atoms with Crippen molar-refractivity contribution in [3.05, 3.63) is 88.3 Å². The summed E-state index contributed by atoms with van der Waals surface area (Å²) >= 11 is 0. The highest BCUT2D eigenvalue weighted by atomic mass is 31.2. The largest absolute Gasteiger partial charge is 0.388 e. The minimum atomic E-state index is -3.92. The molecule has 0 aromatic heterocycles. The lowest BCUT2D eigenvalue weighted by molar-refractivity contribution is -0.172. The van der Waals surface area contributed by atoms with E-state index in [4.69, 9.17) is 4.84 Å². The molecule has 1 fully saturated rings. The minimum Gasteiger partial charge on any atom is -0.388 e. The summed E-state index contributed by atoms with van der Waals surface area (Å²) < 4.78 is 13.7. The van der Waals surface area contributed by atoms with Crippen LogP contribution in [0.5, 0.6) is 0 Å². The van der Waals surface area contributed by atoms with Gasteiger partial charge in [-0.1, -0.05) is 24.3 Å². The molecule has 1 unspecified atom stereocenters. The van der Waals surface area contributed by atoms with E-state index in [9.17, 15) is 23.8 Å². The Labute approximate surface area is 206 Å². The number of nitrogens with zero attached hydrogens (tertiary/aromatic N) is 2. The highest BCUT2D eigenvalue weighted by molar-refractivity contribution is 7.71. The van der Waals surface area contributed by atoms with Crippen LogP contribution in [0.3, 0.4) is 0 Å². The van der Waals surface area contributed by atoms with Gasteiger partial charge in [0.25, 0.3) is 19.2 Å². The lowest BCUT2D eigenvalue weighted by Crippen LogP contribution is -2.32. The van der Waals surface area contributed by atoms with Crippen LogP contribution in [0.2, 0.25) is 0 Å². The zero-order valence-electron chi connectivity index (χ0n) is 19.5. The van der Waals surface area contributed by atoms with E-state index in [-0.39, 0.29) is 23.7 Å². The van der Waals surface area contributed by atoms with E-state index in [0.29, 0.717) is 38.5 Å². The number of hydrogen-bond donors (Lipinski definition) is 2. The van der Waals surface area contributed by atoms with Gasteiger partial charge >= 0.3 is 5.97 Å². The third-order valence-electron chi connectivity index (χ3n) is 6.31. The number of fused-ring (bicyclic) bond motifs is 2. The van der Waals surface area contributed by atoms with Crippen molar-refractivity contribution in [2.45, 2.75) is 12.8 Å². The van der Waals surface area contributed by atoms with Crippen LogP contribution in [0.4, 0.5) is 5.69 Å². The third-order valence-corrected chi connectivity index (χ3v) is 8.35. The molecule has 2 N–H and O–H groups in total. The van der Waals surface area contributed by atoms with Crippen LogP contribution in [0.15, 0.2) is 76.6 Å². The van der Waals surface area contributed by atoms with Crippen LogP contribution < -0.4 is 10.6 Å². The number of imide groups is 1. The Hall–Kier alpha value is -4.07. The number of amides is 2. The van der Waals surface area contributed by atoms with E-state index in [2.05, 4.69) is 10.3 Å². The molecule has 182 valence electrons. The van der Waals surface area contributed by atoms with Gasteiger partial charge in [0.15, 0.2) is 0 Å². The predicted octanol–water partition coefficient (Wildman–Crippen LogP) is 3.18. The van der Waals surface area contributed by atoms with Crippen LogP contribution in [0.1, 0.15) is 34.3 Å². The molecule has 0 radical (unpaired) electrons. The molecular weight excluding hydrogens is 481 g/mol. The first kappa shape index (κ1) is 23.7. The Morgan fingerprint density at radius 3 is 2.42 bits per heavy atom. The van der Waals surface area contributed by atoms with Gasteiger partial charge in [0.05, 0.1) is 21.9 Å². The molecule has 2 heterocycles. The highest BCUT2D eigenvalue weighted by Crippen LogP contribution is 2.59. The fourth-order valence-corrected chi connectivity index (χ4v) is 6.33. The van der Waals surface area contributed by atoms with Crippen molar-refractivity contribution >= 4 is 47.4 Å². The second-order valence-corrected chi connectivity index (χ2v) is 10.5. The monoisotopic (exact) mass is 503 g/mol. The van der Waals surface area contributed by atoms with E-state index in [1.165, 1.54) is 12.1 Å². The Balaban J connectivity index is 1.59. The second kappa shape index (κ2) is 8.86.